The molecule has 1 atom stereocenters. The number of carbonyl (C=O) groups is 1. The number of nitrogens with zero attached hydrogens (tertiary/aromatic N) is 3. The van der Waals surface area contributed by atoms with Gasteiger partial charge in [-0.3, -0.25) is 9.36 Å². The highest BCUT2D eigenvalue weighted by Crippen LogP contribution is 2.30. The second-order valence-electron chi connectivity index (χ2n) is 7.74. The van der Waals surface area contributed by atoms with Crippen molar-refractivity contribution >= 4 is 22.6 Å². The van der Waals surface area contributed by atoms with E-state index in [0.717, 1.165) is 23.0 Å². The predicted octanol–water partition coefficient (Wildman–Crippen LogP) is 3.47. The summed E-state index contributed by atoms with van der Waals surface area (Å²) in [5.41, 5.74) is 9.69. The maximum atomic E-state index is 12.3. The number of hydrogen-bond donors (Lipinski definition) is 2. The molecule has 0 fully saturated rings. The second kappa shape index (κ2) is 7.75. The number of nitrogens with two attached hydrogens (primary N) is 1. The van der Waals surface area contributed by atoms with E-state index < -0.39 is 0 Å². The fourth-order valence-corrected chi connectivity index (χ4v) is 4.07. The van der Waals surface area contributed by atoms with E-state index in [0.29, 0.717) is 25.0 Å². The molecule has 1 amide bonds. The number of amides is 1. The van der Waals surface area contributed by atoms with E-state index in [1.807, 2.05) is 28.8 Å². The maximum Gasteiger partial charge on any atom is 0.260 e. The first-order valence-electron chi connectivity index (χ1n) is 10.3. The molecule has 0 bridgehead atoms. The minimum Gasteiger partial charge on any atom is -0.475 e. The zero-order valence-corrected chi connectivity index (χ0v) is 17.2. The van der Waals surface area contributed by atoms with Crippen LogP contribution in [0, 0.1) is 0 Å². The first-order valence-corrected chi connectivity index (χ1v) is 10.3. The van der Waals surface area contributed by atoms with Crippen LogP contribution in [-0.4, -0.2) is 33.6 Å². The average Bonchev–Trinajstić information content (AvgIpc) is 3.03. The lowest BCUT2D eigenvalue weighted by Crippen LogP contribution is -2.25. The largest absolute Gasteiger partial charge is 0.475 e. The SMILES string of the molecule is CC(Cc1cc2ccccc2n1-c1nc(N)c2c(n1)OCCNC2=O)c1ccccc1. The van der Waals surface area contributed by atoms with Crippen molar-refractivity contribution in [2.45, 2.75) is 19.3 Å². The topological polar surface area (TPSA) is 95.1 Å². The number of para-hydroxylation sites is 1. The Kier molecular flexibility index (Phi) is 4.78. The molecule has 1 aliphatic heterocycles. The number of nitrogens with one attached hydrogen (secondary N) is 1. The van der Waals surface area contributed by atoms with E-state index in [1.165, 1.54) is 5.56 Å². The quantitative estimate of drug-likeness (QED) is 0.534. The van der Waals surface area contributed by atoms with Crippen molar-refractivity contribution in [1.29, 1.82) is 0 Å². The van der Waals surface area contributed by atoms with Crippen LogP contribution < -0.4 is 15.8 Å². The zero-order chi connectivity index (χ0) is 21.4. The Hall–Kier alpha value is -3.87. The lowest BCUT2D eigenvalue weighted by Gasteiger charge is -2.16. The molecule has 7 nitrogen and oxygen atoms in total. The Morgan fingerprint density at radius 1 is 1.13 bits per heavy atom. The Morgan fingerprint density at radius 3 is 2.74 bits per heavy atom. The van der Waals surface area contributed by atoms with Gasteiger partial charge in [0.2, 0.25) is 11.8 Å². The van der Waals surface area contributed by atoms with Gasteiger partial charge in [-0.05, 0) is 30.0 Å². The number of nitrogen functional groups attached to an aromatic ring is 1. The molecular formula is C24H23N5O2. The van der Waals surface area contributed by atoms with Gasteiger partial charge in [0.1, 0.15) is 18.0 Å². The standard InChI is InChI=1S/C24H23N5O2/c1-15(16-7-3-2-4-8-16)13-18-14-17-9-5-6-10-19(17)29(18)24-27-21(25)20-22(30)26-11-12-31-23(20)28-24/h2-10,14-15H,11-13H2,1H3,(H,26,30)(H2,25,27,28). The van der Waals surface area contributed by atoms with E-state index in [1.54, 1.807) is 0 Å². The molecule has 31 heavy (non-hydrogen) atoms. The van der Waals surface area contributed by atoms with Crippen molar-refractivity contribution < 1.29 is 9.53 Å². The van der Waals surface area contributed by atoms with Crippen LogP contribution >= 0.6 is 0 Å². The minimum absolute atomic E-state index is 0.110. The van der Waals surface area contributed by atoms with Gasteiger partial charge in [0.15, 0.2) is 0 Å². The van der Waals surface area contributed by atoms with Gasteiger partial charge in [-0.25, -0.2) is 0 Å². The first-order chi connectivity index (χ1) is 15.1. The summed E-state index contributed by atoms with van der Waals surface area (Å²) in [4.78, 5) is 21.5. The molecule has 5 rings (SSSR count). The van der Waals surface area contributed by atoms with Crippen molar-refractivity contribution in [1.82, 2.24) is 19.9 Å². The molecule has 4 aromatic rings. The third kappa shape index (κ3) is 3.48. The summed E-state index contributed by atoms with van der Waals surface area (Å²) in [6.07, 6.45) is 0.792. The molecule has 2 aromatic carbocycles. The van der Waals surface area contributed by atoms with Crippen molar-refractivity contribution in [3.05, 3.63) is 77.5 Å². The molecule has 1 unspecified atom stereocenters. The summed E-state index contributed by atoms with van der Waals surface area (Å²) in [5.74, 6) is 0.718. The number of aromatic nitrogens is 3. The highest BCUT2D eigenvalue weighted by molar-refractivity contribution is 6.01. The predicted molar refractivity (Wildman–Crippen MR) is 120 cm³/mol. The summed E-state index contributed by atoms with van der Waals surface area (Å²) in [6, 6.07) is 20.7. The summed E-state index contributed by atoms with van der Waals surface area (Å²) in [6.45, 7) is 2.94. The van der Waals surface area contributed by atoms with Gasteiger partial charge in [0.05, 0.1) is 12.1 Å². The number of rotatable bonds is 4. The zero-order valence-electron chi connectivity index (χ0n) is 17.2. The van der Waals surface area contributed by atoms with E-state index in [9.17, 15) is 4.79 Å². The Bertz CT molecular complexity index is 1270. The molecule has 1 aliphatic rings. The monoisotopic (exact) mass is 413 g/mol. The van der Waals surface area contributed by atoms with Gasteiger partial charge in [0, 0.05) is 11.1 Å². The Balaban J connectivity index is 1.64. The number of benzene rings is 2. The molecule has 7 heteroatoms. The highest BCUT2D eigenvalue weighted by Gasteiger charge is 2.25. The van der Waals surface area contributed by atoms with Crippen molar-refractivity contribution in [3.8, 4) is 11.8 Å². The molecule has 2 aromatic heterocycles. The molecule has 3 heterocycles. The van der Waals surface area contributed by atoms with Gasteiger partial charge in [-0.2, -0.15) is 9.97 Å². The maximum absolute atomic E-state index is 12.3. The summed E-state index contributed by atoms with van der Waals surface area (Å²) in [5, 5.41) is 3.84. The van der Waals surface area contributed by atoms with Crippen LogP contribution in [0.1, 0.15) is 34.5 Å². The molecule has 0 saturated heterocycles. The van der Waals surface area contributed by atoms with Gasteiger partial charge < -0.3 is 15.8 Å². The van der Waals surface area contributed by atoms with Crippen LogP contribution in [0.5, 0.6) is 5.88 Å². The Morgan fingerprint density at radius 2 is 1.90 bits per heavy atom. The van der Waals surface area contributed by atoms with Crippen LogP contribution in [0.2, 0.25) is 0 Å². The smallest absolute Gasteiger partial charge is 0.260 e. The van der Waals surface area contributed by atoms with Crippen molar-refractivity contribution in [2.24, 2.45) is 0 Å². The molecule has 0 spiro atoms. The van der Waals surface area contributed by atoms with E-state index in [2.05, 4.69) is 58.6 Å². The number of anilines is 1. The highest BCUT2D eigenvalue weighted by atomic mass is 16.5. The fraction of sp³-hybridized carbons (Fsp3) is 0.208. The van der Waals surface area contributed by atoms with E-state index in [-0.39, 0.29) is 23.2 Å². The third-order valence-electron chi connectivity index (χ3n) is 5.62. The molecule has 3 N–H and O–H groups in total. The first kappa shape index (κ1) is 19.1. The van der Waals surface area contributed by atoms with Crippen LogP contribution in [0.25, 0.3) is 16.9 Å². The van der Waals surface area contributed by atoms with Gasteiger partial charge in [0.25, 0.3) is 5.91 Å². The number of ether oxygens (including phenoxy) is 1. The van der Waals surface area contributed by atoms with Crippen LogP contribution in [0.15, 0.2) is 60.7 Å². The molecule has 0 aliphatic carbocycles. The third-order valence-corrected chi connectivity index (χ3v) is 5.62. The van der Waals surface area contributed by atoms with Gasteiger partial charge >= 0.3 is 0 Å². The lowest BCUT2D eigenvalue weighted by atomic mass is 9.96. The summed E-state index contributed by atoms with van der Waals surface area (Å²) < 4.78 is 7.72. The number of fused-ring (bicyclic) bond motifs is 2. The number of carbonyl (C=O) groups excluding carboxylic acids is 1. The van der Waals surface area contributed by atoms with Crippen molar-refractivity contribution in [3.63, 3.8) is 0 Å². The normalized spacial score (nSPS) is 14.4. The van der Waals surface area contributed by atoms with E-state index >= 15 is 0 Å². The molecule has 0 radical (unpaired) electrons. The summed E-state index contributed by atoms with van der Waals surface area (Å²) >= 11 is 0. The molecule has 156 valence electrons. The Labute approximate surface area is 179 Å². The molecular weight excluding hydrogens is 390 g/mol. The van der Waals surface area contributed by atoms with Crippen LogP contribution in [0.4, 0.5) is 5.82 Å². The minimum atomic E-state index is -0.313. The van der Waals surface area contributed by atoms with Gasteiger partial charge in [-0.15, -0.1) is 0 Å². The average molecular weight is 413 g/mol. The van der Waals surface area contributed by atoms with Crippen LogP contribution in [0.3, 0.4) is 0 Å². The van der Waals surface area contributed by atoms with Crippen LogP contribution in [-0.2, 0) is 6.42 Å². The molecule has 0 saturated carbocycles. The van der Waals surface area contributed by atoms with Crippen molar-refractivity contribution in [2.75, 3.05) is 18.9 Å². The summed E-state index contributed by atoms with van der Waals surface area (Å²) in [7, 11) is 0. The fourth-order valence-electron chi connectivity index (χ4n) is 4.07. The second-order valence-corrected chi connectivity index (χ2v) is 7.74. The van der Waals surface area contributed by atoms with E-state index in [4.69, 9.17) is 10.5 Å². The number of hydrogen-bond acceptors (Lipinski definition) is 5. The lowest BCUT2D eigenvalue weighted by molar-refractivity contribution is 0.0957. The van der Waals surface area contributed by atoms with Gasteiger partial charge in [-0.1, -0.05) is 55.5 Å².